The van der Waals surface area contributed by atoms with Crippen LogP contribution < -0.4 is 4.90 Å². The number of aromatic nitrogens is 2. The van der Waals surface area contributed by atoms with E-state index >= 15 is 0 Å². The van der Waals surface area contributed by atoms with Gasteiger partial charge in [0, 0.05) is 69.1 Å². The molecule has 1 N–H and O–H groups in total. The molecule has 1 aromatic heterocycles. The highest BCUT2D eigenvalue weighted by molar-refractivity contribution is 7.88. The summed E-state index contributed by atoms with van der Waals surface area (Å²) in [6.07, 6.45) is -3.85. The van der Waals surface area contributed by atoms with Crippen LogP contribution in [0, 0.1) is 22.7 Å². The van der Waals surface area contributed by atoms with Gasteiger partial charge in [-0.2, -0.15) is 33.1 Å². The van der Waals surface area contributed by atoms with E-state index in [1.165, 1.54) is 16.4 Å². The van der Waals surface area contributed by atoms with Crippen molar-refractivity contribution in [3.63, 3.8) is 0 Å². The summed E-state index contributed by atoms with van der Waals surface area (Å²) < 4.78 is 66.9. The molecule has 0 saturated carbocycles. The van der Waals surface area contributed by atoms with E-state index in [9.17, 15) is 37.2 Å². The molecule has 1 fully saturated rings. The number of halogens is 3. The fraction of sp³-hybridized carbons (Fsp3) is 0.414. The second kappa shape index (κ2) is 12.0. The number of sulfonamides is 1. The first-order valence-electron chi connectivity index (χ1n) is 13.7. The smallest absolute Gasteiger partial charge is 0.390 e. The molecule has 2 aliphatic rings. The standard InChI is InChI=1S/C29H30F3N7O3S/c1-43(41,42)38-10-9-26-25(19-38)27(20-5-7-23(8-6-20)29(30,31)32)35-39(26)18-24(40)17-36-11-13-37(14-12-36)28-21(15-33)3-2-4-22(28)16-34/h2-8,24,40H,9-14,17-19H2,1H3. The zero-order valence-electron chi connectivity index (χ0n) is 23.4. The number of hydrogen-bond donors (Lipinski definition) is 1. The largest absolute Gasteiger partial charge is 0.416 e. The van der Waals surface area contributed by atoms with E-state index in [0.29, 0.717) is 72.8 Å². The average Bonchev–Trinajstić information content (AvgIpc) is 3.33. The summed E-state index contributed by atoms with van der Waals surface area (Å²) in [5.41, 5.74) is 2.88. The summed E-state index contributed by atoms with van der Waals surface area (Å²) >= 11 is 0. The van der Waals surface area contributed by atoms with Gasteiger partial charge < -0.3 is 10.0 Å². The van der Waals surface area contributed by atoms with Crippen LogP contribution in [0.2, 0.25) is 0 Å². The number of para-hydroxylation sites is 1. The van der Waals surface area contributed by atoms with Crippen LogP contribution in [0.4, 0.5) is 18.9 Å². The van der Waals surface area contributed by atoms with Crippen molar-refractivity contribution in [3.8, 4) is 23.4 Å². The third-order valence-corrected chi connectivity index (χ3v) is 9.12. The predicted molar refractivity (Wildman–Crippen MR) is 152 cm³/mol. The van der Waals surface area contributed by atoms with Crippen molar-refractivity contribution >= 4 is 15.7 Å². The Bertz CT molecular complexity index is 1650. The molecule has 226 valence electrons. The highest BCUT2D eigenvalue weighted by atomic mass is 32.2. The van der Waals surface area contributed by atoms with Gasteiger partial charge in [-0.15, -0.1) is 0 Å². The first-order valence-corrected chi connectivity index (χ1v) is 15.5. The Balaban J connectivity index is 1.32. The summed E-state index contributed by atoms with van der Waals surface area (Å²) in [5.74, 6) is 0. The molecule has 2 aliphatic heterocycles. The van der Waals surface area contributed by atoms with Gasteiger partial charge in [-0.1, -0.05) is 18.2 Å². The van der Waals surface area contributed by atoms with Crippen molar-refractivity contribution in [3.05, 3.63) is 70.4 Å². The highest BCUT2D eigenvalue weighted by Crippen LogP contribution is 2.34. The summed E-state index contributed by atoms with van der Waals surface area (Å²) in [6.45, 7) is 3.05. The van der Waals surface area contributed by atoms with Crippen LogP contribution in [-0.4, -0.2) is 84.1 Å². The maximum absolute atomic E-state index is 13.1. The number of fused-ring (bicyclic) bond motifs is 1. The molecule has 0 bridgehead atoms. The molecule has 0 aliphatic carbocycles. The van der Waals surface area contributed by atoms with Crippen molar-refractivity contribution < 1.29 is 26.7 Å². The minimum absolute atomic E-state index is 0.0391. The van der Waals surface area contributed by atoms with E-state index < -0.39 is 27.9 Å². The predicted octanol–water partition coefficient (Wildman–Crippen LogP) is 2.81. The fourth-order valence-corrected chi connectivity index (χ4v) is 6.51. The molecule has 43 heavy (non-hydrogen) atoms. The van der Waals surface area contributed by atoms with Crippen LogP contribution in [0.25, 0.3) is 11.3 Å². The maximum Gasteiger partial charge on any atom is 0.416 e. The molecule has 0 radical (unpaired) electrons. The van der Waals surface area contributed by atoms with Crippen LogP contribution in [0.3, 0.4) is 0 Å². The third-order valence-electron chi connectivity index (χ3n) is 7.87. The van der Waals surface area contributed by atoms with Gasteiger partial charge >= 0.3 is 6.18 Å². The maximum atomic E-state index is 13.1. The number of hydrogen-bond acceptors (Lipinski definition) is 8. The molecule has 1 unspecified atom stereocenters. The van der Waals surface area contributed by atoms with Gasteiger partial charge in [0.25, 0.3) is 0 Å². The lowest BCUT2D eigenvalue weighted by atomic mass is 10.0. The SMILES string of the molecule is CS(=O)(=O)N1CCc2c(c(-c3ccc(C(F)(F)F)cc3)nn2CC(O)CN2CCN(c3c(C#N)cccc3C#N)CC2)C1. The number of alkyl halides is 3. The summed E-state index contributed by atoms with van der Waals surface area (Å²) in [6, 6.07) is 14.0. The topological polar surface area (TPSA) is 129 Å². The minimum atomic E-state index is -4.49. The van der Waals surface area contributed by atoms with Gasteiger partial charge in [0.05, 0.1) is 47.0 Å². The second-order valence-electron chi connectivity index (χ2n) is 10.7. The molecule has 1 saturated heterocycles. The Morgan fingerprint density at radius 3 is 2.16 bits per heavy atom. The summed E-state index contributed by atoms with van der Waals surface area (Å²) in [5, 5.41) is 34.8. The molecular formula is C29H30F3N7O3S. The number of nitriles is 2. The van der Waals surface area contributed by atoms with Crippen molar-refractivity contribution in [2.24, 2.45) is 0 Å². The Kier molecular flexibility index (Phi) is 8.49. The molecule has 14 heteroatoms. The number of nitrogens with zero attached hydrogens (tertiary/aromatic N) is 7. The number of benzene rings is 2. The number of aliphatic hydroxyl groups excluding tert-OH is 1. The van der Waals surface area contributed by atoms with Crippen molar-refractivity contribution in [1.29, 1.82) is 10.5 Å². The van der Waals surface area contributed by atoms with Gasteiger partial charge in [0.2, 0.25) is 10.0 Å². The van der Waals surface area contributed by atoms with Crippen molar-refractivity contribution in [2.45, 2.75) is 31.8 Å². The lowest BCUT2D eigenvalue weighted by molar-refractivity contribution is -0.137. The molecule has 3 aromatic rings. The van der Waals surface area contributed by atoms with E-state index in [1.54, 1.807) is 22.9 Å². The number of β-amino-alcohol motifs (C(OH)–C–C–N with tert-alkyl or cyclic N) is 1. The Labute approximate surface area is 247 Å². The van der Waals surface area contributed by atoms with Gasteiger partial charge in [0.1, 0.15) is 12.1 Å². The van der Waals surface area contributed by atoms with E-state index in [0.717, 1.165) is 24.1 Å². The number of anilines is 1. The minimum Gasteiger partial charge on any atom is -0.390 e. The summed E-state index contributed by atoms with van der Waals surface area (Å²) in [7, 11) is -3.51. The molecule has 0 amide bonds. The molecule has 2 aromatic carbocycles. The fourth-order valence-electron chi connectivity index (χ4n) is 5.72. The van der Waals surface area contributed by atoms with E-state index in [-0.39, 0.29) is 19.6 Å². The number of aliphatic hydroxyl groups is 1. The zero-order valence-corrected chi connectivity index (χ0v) is 24.2. The first-order chi connectivity index (χ1) is 20.4. The number of rotatable bonds is 7. The Morgan fingerprint density at radius 1 is 0.977 bits per heavy atom. The van der Waals surface area contributed by atoms with E-state index in [2.05, 4.69) is 22.1 Å². The molecule has 5 rings (SSSR count). The normalized spacial score (nSPS) is 17.2. The molecule has 1 atom stereocenters. The van der Waals surface area contributed by atoms with Crippen LogP contribution >= 0.6 is 0 Å². The molecule has 10 nitrogen and oxygen atoms in total. The lowest BCUT2D eigenvalue weighted by Gasteiger charge is -2.37. The van der Waals surface area contributed by atoms with Crippen LogP contribution in [-0.2, 0) is 35.7 Å². The monoisotopic (exact) mass is 613 g/mol. The number of piperazine rings is 1. The van der Waals surface area contributed by atoms with E-state index in [1.807, 2.05) is 4.90 Å². The van der Waals surface area contributed by atoms with E-state index in [4.69, 9.17) is 0 Å². The quantitative estimate of drug-likeness (QED) is 0.431. The Morgan fingerprint density at radius 2 is 1.60 bits per heavy atom. The molecule has 3 heterocycles. The molecular weight excluding hydrogens is 583 g/mol. The third kappa shape index (κ3) is 6.53. The highest BCUT2D eigenvalue weighted by Gasteiger charge is 2.33. The summed E-state index contributed by atoms with van der Waals surface area (Å²) in [4.78, 5) is 4.09. The first kappa shape index (κ1) is 30.5. The van der Waals surface area contributed by atoms with Crippen LogP contribution in [0.5, 0.6) is 0 Å². The second-order valence-corrected chi connectivity index (χ2v) is 12.7. The zero-order chi connectivity index (χ0) is 30.9. The van der Waals surface area contributed by atoms with Crippen LogP contribution in [0.1, 0.15) is 27.9 Å². The van der Waals surface area contributed by atoms with Gasteiger partial charge in [-0.3, -0.25) is 9.58 Å². The van der Waals surface area contributed by atoms with Gasteiger partial charge in [-0.05, 0) is 24.3 Å². The van der Waals surface area contributed by atoms with Gasteiger partial charge in [-0.25, -0.2) is 8.42 Å². The van der Waals surface area contributed by atoms with Crippen molar-refractivity contribution in [1.82, 2.24) is 19.0 Å². The van der Waals surface area contributed by atoms with Crippen LogP contribution in [0.15, 0.2) is 42.5 Å². The van der Waals surface area contributed by atoms with Gasteiger partial charge in [0.15, 0.2) is 0 Å². The lowest BCUT2D eigenvalue weighted by Crippen LogP contribution is -2.49. The molecule has 0 spiro atoms. The average molecular weight is 614 g/mol. The van der Waals surface area contributed by atoms with Crippen molar-refractivity contribution in [2.75, 3.05) is 50.4 Å². The Hall–Kier alpha value is -3.95.